The Bertz CT molecular complexity index is 786. The molecule has 0 aliphatic heterocycles. The van der Waals surface area contributed by atoms with Gasteiger partial charge in [0.25, 0.3) is 0 Å². The van der Waals surface area contributed by atoms with Crippen LogP contribution < -0.4 is 18.9 Å². The van der Waals surface area contributed by atoms with Crippen LogP contribution in [0.3, 0.4) is 0 Å². The SMILES string of the molecule is COc1cc(OC)c(OC)cc1/C=C/C(=O)OCCOc1ccc(Br)cc1. The first-order chi connectivity index (χ1) is 13.1. The normalized spacial score (nSPS) is 10.5. The summed E-state index contributed by atoms with van der Waals surface area (Å²) in [6.45, 7) is 0.406. The molecule has 0 heterocycles. The van der Waals surface area contributed by atoms with Gasteiger partial charge in [0.15, 0.2) is 11.5 Å². The van der Waals surface area contributed by atoms with Gasteiger partial charge in [-0.3, -0.25) is 0 Å². The summed E-state index contributed by atoms with van der Waals surface area (Å²) in [5, 5.41) is 0. The summed E-state index contributed by atoms with van der Waals surface area (Å²) in [5.41, 5.74) is 0.665. The van der Waals surface area contributed by atoms with E-state index < -0.39 is 5.97 Å². The van der Waals surface area contributed by atoms with E-state index in [0.717, 1.165) is 4.47 Å². The molecule has 0 amide bonds. The highest BCUT2D eigenvalue weighted by Gasteiger charge is 2.10. The number of carbonyl (C=O) groups excluding carboxylic acids is 1. The maximum Gasteiger partial charge on any atom is 0.330 e. The predicted molar refractivity (Wildman–Crippen MR) is 106 cm³/mol. The lowest BCUT2D eigenvalue weighted by molar-refractivity contribution is -0.138. The average molecular weight is 437 g/mol. The predicted octanol–water partition coefficient (Wildman–Crippen LogP) is 4.11. The van der Waals surface area contributed by atoms with E-state index in [0.29, 0.717) is 28.6 Å². The van der Waals surface area contributed by atoms with Crippen molar-refractivity contribution in [3.63, 3.8) is 0 Å². The second-order valence-corrected chi connectivity index (χ2v) is 6.17. The lowest BCUT2D eigenvalue weighted by atomic mass is 10.1. The van der Waals surface area contributed by atoms with Gasteiger partial charge in [0, 0.05) is 22.2 Å². The lowest BCUT2D eigenvalue weighted by Gasteiger charge is -2.12. The van der Waals surface area contributed by atoms with E-state index in [4.69, 9.17) is 23.7 Å². The molecule has 0 saturated heterocycles. The molecule has 6 nitrogen and oxygen atoms in total. The maximum absolute atomic E-state index is 11.9. The van der Waals surface area contributed by atoms with Crippen molar-refractivity contribution in [3.05, 3.63) is 52.5 Å². The van der Waals surface area contributed by atoms with Gasteiger partial charge in [0.1, 0.15) is 24.7 Å². The first-order valence-electron chi connectivity index (χ1n) is 8.10. The Hall–Kier alpha value is -2.67. The molecule has 2 rings (SSSR count). The quantitative estimate of drug-likeness (QED) is 0.334. The van der Waals surface area contributed by atoms with Crippen molar-refractivity contribution in [2.75, 3.05) is 34.5 Å². The molecule has 0 saturated carbocycles. The van der Waals surface area contributed by atoms with Crippen molar-refractivity contribution in [1.29, 1.82) is 0 Å². The summed E-state index contributed by atoms with van der Waals surface area (Å²) in [5.74, 6) is 1.86. The molecule has 0 fully saturated rings. The van der Waals surface area contributed by atoms with Gasteiger partial charge in [0.2, 0.25) is 0 Å². The third-order valence-corrected chi connectivity index (χ3v) is 4.07. The number of methoxy groups -OCH3 is 3. The Balaban J connectivity index is 1.89. The number of halogens is 1. The Morgan fingerprint density at radius 3 is 2.19 bits per heavy atom. The van der Waals surface area contributed by atoms with Crippen LogP contribution in [0.1, 0.15) is 5.56 Å². The monoisotopic (exact) mass is 436 g/mol. The van der Waals surface area contributed by atoms with Crippen molar-refractivity contribution in [2.45, 2.75) is 0 Å². The van der Waals surface area contributed by atoms with Crippen molar-refractivity contribution in [3.8, 4) is 23.0 Å². The van der Waals surface area contributed by atoms with Crippen LogP contribution in [-0.2, 0) is 9.53 Å². The number of ether oxygens (including phenoxy) is 5. The number of hydrogen-bond donors (Lipinski definition) is 0. The fourth-order valence-electron chi connectivity index (χ4n) is 2.22. The first-order valence-corrected chi connectivity index (χ1v) is 8.90. The zero-order valence-corrected chi connectivity index (χ0v) is 16.9. The van der Waals surface area contributed by atoms with E-state index in [1.54, 1.807) is 25.3 Å². The van der Waals surface area contributed by atoms with Gasteiger partial charge in [-0.05, 0) is 36.4 Å². The third-order valence-electron chi connectivity index (χ3n) is 3.54. The number of rotatable bonds is 9. The summed E-state index contributed by atoms with van der Waals surface area (Å²) in [7, 11) is 4.62. The van der Waals surface area contributed by atoms with Crippen LogP contribution >= 0.6 is 15.9 Å². The van der Waals surface area contributed by atoms with Crippen molar-refractivity contribution in [2.24, 2.45) is 0 Å². The van der Waals surface area contributed by atoms with Crippen LogP contribution in [0.2, 0.25) is 0 Å². The number of carbonyl (C=O) groups is 1. The van der Waals surface area contributed by atoms with E-state index in [1.807, 2.05) is 24.3 Å². The number of benzene rings is 2. The molecule has 7 heteroatoms. The molecular weight excluding hydrogens is 416 g/mol. The molecule has 0 atom stereocenters. The number of hydrogen-bond acceptors (Lipinski definition) is 6. The van der Waals surface area contributed by atoms with Gasteiger partial charge >= 0.3 is 5.97 Å². The van der Waals surface area contributed by atoms with Crippen LogP contribution in [0.25, 0.3) is 6.08 Å². The minimum atomic E-state index is -0.480. The van der Waals surface area contributed by atoms with Gasteiger partial charge in [-0.2, -0.15) is 0 Å². The smallest absolute Gasteiger partial charge is 0.330 e. The van der Waals surface area contributed by atoms with Crippen LogP contribution in [0.4, 0.5) is 0 Å². The van der Waals surface area contributed by atoms with E-state index in [1.165, 1.54) is 20.3 Å². The molecule has 0 bridgehead atoms. The lowest BCUT2D eigenvalue weighted by Crippen LogP contribution is -2.10. The summed E-state index contributed by atoms with van der Waals surface area (Å²) >= 11 is 3.35. The second-order valence-electron chi connectivity index (χ2n) is 5.25. The van der Waals surface area contributed by atoms with Gasteiger partial charge in [-0.1, -0.05) is 15.9 Å². The summed E-state index contributed by atoms with van der Waals surface area (Å²) in [6, 6.07) is 10.8. The molecule has 0 radical (unpaired) electrons. The van der Waals surface area contributed by atoms with E-state index >= 15 is 0 Å². The topological polar surface area (TPSA) is 63.2 Å². The molecule has 2 aromatic rings. The molecule has 27 heavy (non-hydrogen) atoms. The van der Waals surface area contributed by atoms with Crippen LogP contribution in [0, 0.1) is 0 Å². The molecular formula is C20H21BrO6. The fraction of sp³-hybridized carbons (Fsp3) is 0.250. The molecule has 0 aromatic heterocycles. The highest BCUT2D eigenvalue weighted by Crippen LogP contribution is 2.35. The van der Waals surface area contributed by atoms with E-state index in [2.05, 4.69) is 15.9 Å². The Morgan fingerprint density at radius 1 is 0.926 bits per heavy atom. The highest BCUT2D eigenvalue weighted by molar-refractivity contribution is 9.10. The maximum atomic E-state index is 11.9. The Morgan fingerprint density at radius 2 is 1.56 bits per heavy atom. The second kappa shape index (κ2) is 10.5. The molecule has 0 aliphatic rings. The minimum absolute atomic E-state index is 0.141. The van der Waals surface area contributed by atoms with Crippen LogP contribution in [0.15, 0.2) is 46.9 Å². The molecule has 2 aromatic carbocycles. The van der Waals surface area contributed by atoms with Crippen LogP contribution in [0.5, 0.6) is 23.0 Å². The minimum Gasteiger partial charge on any atom is -0.496 e. The van der Waals surface area contributed by atoms with Crippen molar-refractivity contribution < 1.29 is 28.5 Å². The van der Waals surface area contributed by atoms with Gasteiger partial charge < -0.3 is 23.7 Å². The standard InChI is InChI=1S/C20H21BrO6/c1-23-17-13-19(25-3)18(24-2)12-14(17)4-9-20(22)27-11-10-26-16-7-5-15(21)6-8-16/h4-9,12-13H,10-11H2,1-3H3/b9-4+. The zero-order chi connectivity index (χ0) is 19.6. The van der Waals surface area contributed by atoms with Gasteiger partial charge in [-0.15, -0.1) is 0 Å². The molecule has 0 N–H and O–H groups in total. The Kier molecular flexibility index (Phi) is 8.00. The largest absolute Gasteiger partial charge is 0.496 e. The van der Waals surface area contributed by atoms with Crippen LogP contribution in [-0.4, -0.2) is 40.5 Å². The molecule has 0 aliphatic carbocycles. The summed E-state index contributed by atoms with van der Waals surface area (Å²) in [6.07, 6.45) is 2.92. The van der Waals surface area contributed by atoms with Gasteiger partial charge in [0.05, 0.1) is 21.3 Å². The van der Waals surface area contributed by atoms with Crippen molar-refractivity contribution >= 4 is 28.0 Å². The first kappa shape index (κ1) is 20.6. The van der Waals surface area contributed by atoms with E-state index in [9.17, 15) is 4.79 Å². The highest BCUT2D eigenvalue weighted by atomic mass is 79.9. The fourth-order valence-corrected chi connectivity index (χ4v) is 2.49. The summed E-state index contributed by atoms with van der Waals surface area (Å²) in [4.78, 5) is 11.9. The Labute approximate surface area is 166 Å². The third kappa shape index (κ3) is 6.21. The molecule has 0 spiro atoms. The molecule has 0 unspecified atom stereocenters. The average Bonchev–Trinajstić information content (AvgIpc) is 2.70. The van der Waals surface area contributed by atoms with Gasteiger partial charge in [-0.25, -0.2) is 4.79 Å². The van der Waals surface area contributed by atoms with E-state index in [-0.39, 0.29) is 13.2 Å². The zero-order valence-electron chi connectivity index (χ0n) is 15.4. The summed E-state index contributed by atoms with van der Waals surface area (Å²) < 4.78 is 27.4. The number of esters is 1. The van der Waals surface area contributed by atoms with Crippen molar-refractivity contribution in [1.82, 2.24) is 0 Å². The molecule has 144 valence electrons.